The molecule has 0 aromatic heterocycles. The van der Waals surface area contributed by atoms with Crippen molar-refractivity contribution in [2.45, 2.75) is 25.8 Å². The molecular formula is C28H36N4O5S. The molecule has 0 spiro atoms. The van der Waals surface area contributed by atoms with Gasteiger partial charge in [0.05, 0.1) is 6.54 Å². The maximum atomic E-state index is 13.6. The summed E-state index contributed by atoms with van der Waals surface area (Å²) in [7, 11) is 0. The second-order valence-corrected chi connectivity index (χ2v) is 10.5. The van der Waals surface area contributed by atoms with Crippen molar-refractivity contribution in [3.8, 4) is 0 Å². The molecule has 1 saturated heterocycles. The van der Waals surface area contributed by atoms with E-state index in [0.717, 1.165) is 11.1 Å². The number of aliphatic carboxylic acids is 1. The summed E-state index contributed by atoms with van der Waals surface area (Å²) in [6.45, 7) is 4.02. The number of amides is 3. The third-order valence-electron chi connectivity index (χ3n) is 6.39. The molecule has 0 saturated carbocycles. The molecule has 0 bridgehead atoms. The summed E-state index contributed by atoms with van der Waals surface area (Å²) in [6, 6.07) is 18.3. The summed E-state index contributed by atoms with van der Waals surface area (Å²) in [6.07, 6.45) is 0.997. The van der Waals surface area contributed by atoms with E-state index in [1.807, 2.05) is 60.7 Å². The number of piperazine rings is 1. The van der Waals surface area contributed by atoms with Gasteiger partial charge in [0.2, 0.25) is 5.91 Å². The molecule has 1 fully saturated rings. The normalized spacial score (nSPS) is 14.5. The summed E-state index contributed by atoms with van der Waals surface area (Å²) in [5, 5.41) is 12.0. The molecule has 2 aromatic carbocycles. The van der Waals surface area contributed by atoms with Crippen LogP contribution in [0.15, 0.2) is 60.7 Å². The fourth-order valence-electron chi connectivity index (χ4n) is 4.35. The minimum absolute atomic E-state index is 0.00686. The lowest BCUT2D eigenvalue weighted by atomic mass is 10.0. The fraction of sp³-hybridized carbons (Fsp3) is 0.429. The number of carboxylic acid groups (broad SMARTS) is 1. The minimum atomic E-state index is -0.891. The van der Waals surface area contributed by atoms with Crippen LogP contribution < -0.4 is 5.32 Å². The zero-order chi connectivity index (χ0) is 27.3. The molecule has 1 aliphatic rings. The van der Waals surface area contributed by atoms with Gasteiger partial charge in [0.25, 0.3) is 0 Å². The lowest BCUT2D eigenvalue weighted by Gasteiger charge is -2.36. The first-order valence-corrected chi connectivity index (χ1v) is 13.8. The number of rotatable bonds is 12. The van der Waals surface area contributed by atoms with Crippen molar-refractivity contribution in [3.05, 3.63) is 71.8 Å². The van der Waals surface area contributed by atoms with Crippen molar-refractivity contribution < 1.29 is 24.3 Å². The van der Waals surface area contributed by atoms with E-state index in [9.17, 15) is 19.2 Å². The van der Waals surface area contributed by atoms with E-state index in [0.29, 0.717) is 57.9 Å². The number of nitrogens with zero attached hydrogens (tertiary/aromatic N) is 3. The van der Waals surface area contributed by atoms with Crippen LogP contribution in [0.1, 0.15) is 18.1 Å². The van der Waals surface area contributed by atoms with Crippen molar-refractivity contribution in [1.29, 1.82) is 0 Å². The molecule has 204 valence electrons. The van der Waals surface area contributed by atoms with E-state index in [1.54, 1.807) is 14.7 Å². The Morgan fingerprint density at radius 1 is 0.921 bits per heavy atom. The van der Waals surface area contributed by atoms with E-state index in [-0.39, 0.29) is 23.6 Å². The van der Waals surface area contributed by atoms with Crippen molar-refractivity contribution >= 4 is 34.8 Å². The number of carbonyl (C=O) groups is 4. The highest BCUT2D eigenvalue weighted by molar-refractivity contribution is 8.13. The summed E-state index contributed by atoms with van der Waals surface area (Å²) >= 11 is 1.17. The van der Waals surface area contributed by atoms with Crippen LogP contribution in [0.25, 0.3) is 0 Å². The third kappa shape index (κ3) is 9.83. The summed E-state index contributed by atoms with van der Waals surface area (Å²) in [5.41, 5.74) is 2.03. The van der Waals surface area contributed by atoms with Crippen LogP contribution in [0, 0.1) is 0 Å². The Morgan fingerprint density at radius 3 is 2.11 bits per heavy atom. The molecular weight excluding hydrogens is 504 g/mol. The van der Waals surface area contributed by atoms with Gasteiger partial charge in [-0.05, 0) is 17.5 Å². The van der Waals surface area contributed by atoms with E-state index < -0.39 is 12.0 Å². The van der Waals surface area contributed by atoms with E-state index in [2.05, 4.69) is 5.32 Å². The zero-order valence-corrected chi connectivity index (χ0v) is 22.6. The predicted molar refractivity (Wildman–Crippen MR) is 148 cm³/mol. The van der Waals surface area contributed by atoms with Crippen LogP contribution in [-0.2, 0) is 27.2 Å². The molecule has 3 amide bonds. The first kappa shape index (κ1) is 29.2. The van der Waals surface area contributed by atoms with Crippen molar-refractivity contribution in [2.75, 3.05) is 51.6 Å². The summed E-state index contributed by atoms with van der Waals surface area (Å²) in [5.74, 6) is -0.601. The first-order chi connectivity index (χ1) is 18.3. The number of carbonyl (C=O) groups excluding carboxylic acids is 3. The molecule has 2 aromatic rings. The maximum Gasteiger partial charge on any atom is 0.318 e. The lowest BCUT2D eigenvalue weighted by Crippen LogP contribution is -2.57. The number of urea groups is 1. The molecule has 10 heteroatoms. The SMILES string of the molecule is CC(=O)SCCN(CCc1ccccc1)C(=O)NC(Cc1ccccc1)C(=O)N1CCN(CC(=O)O)CC1. The lowest BCUT2D eigenvalue weighted by molar-refractivity contribution is -0.139. The quantitative estimate of drug-likeness (QED) is 0.425. The number of hydrogen-bond acceptors (Lipinski definition) is 6. The molecule has 1 atom stereocenters. The average molecular weight is 541 g/mol. The monoisotopic (exact) mass is 540 g/mol. The Bertz CT molecular complexity index is 1060. The number of carboxylic acids is 1. The van der Waals surface area contributed by atoms with Crippen LogP contribution in [-0.4, -0.2) is 100 Å². The highest BCUT2D eigenvalue weighted by Crippen LogP contribution is 2.11. The third-order valence-corrected chi connectivity index (χ3v) is 7.18. The summed E-state index contributed by atoms with van der Waals surface area (Å²) < 4.78 is 0. The number of nitrogens with one attached hydrogen (secondary N) is 1. The molecule has 0 radical (unpaired) electrons. The van der Waals surface area contributed by atoms with Crippen molar-refractivity contribution in [3.63, 3.8) is 0 Å². The second kappa shape index (κ2) is 15.1. The molecule has 0 aliphatic carbocycles. The molecule has 2 N–H and O–H groups in total. The Labute approximate surface area is 228 Å². The van der Waals surface area contributed by atoms with E-state index in [4.69, 9.17) is 5.11 Å². The van der Waals surface area contributed by atoms with E-state index in [1.165, 1.54) is 18.7 Å². The zero-order valence-electron chi connectivity index (χ0n) is 21.8. The Balaban J connectivity index is 1.70. The van der Waals surface area contributed by atoms with Gasteiger partial charge in [0.15, 0.2) is 5.12 Å². The Kier molecular flexibility index (Phi) is 11.6. The fourth-order valence-corrected chi connectivity index (χ4v) is 4.95. The minimum Gasteiger partial charge on any atom is -0.480 e. The summed E-state index contributed by atoms with van der Waals surface area (Å²) in [4.78, 5) is 54.7. The highest BCUT2D eigenvalue weighted by Gasteiger charge is 2.30. The van der Waals surface area contributed by atoms with Crippen LogP contribution in [0.5, 0.6) is 0 Å². The topological polar surface area (TPSA) is 110 Å². The Morgan fingerprint density at radius 2 is 1.53 bits per heavy atom. The number of thioether (sulfide) groups is 1. The van der Waals surface area contributed by atoms with Crippen LogP contribution >= 0.6 is 11.8 Å². The van der Waals surface area contributed by atoms with Crippen LogP contribution in [0.2, 0.25) is 0 Å². The molecule has 1 aliphatic heterocycles. The molecule has 3 rings (SSSR count). The van der Waals surface area contributed by atoms with Crippen LogP contribution in [0.4, 0.5) is 4.79 Å². The predicted octanol–water partition coefficient (Wildman–Crippen LogP) is 2.36. The van der Waals surface area contributed by atoms with Crippen LogP contribution in [0.3, 0.4) is 0 Å². The molecule has 1 heterocycles. The smallest absolute Gasteiger partial charge is 0.318 e. The van der Waals surface area contributed by atoms with E-state index >= 15 is 0 Å². The molecule has 9 nitrogen and oxygen atoms in total. The van der Waals surface area contributed by atoms with Gasteiger partial charge in [-0.3, -0.25) is 19.3 Å². The van der Waals surface area contributed by atoms with Gasteiger partial charge in [-0.25, -0.2) is 4.79 Å². The highest BCUT2D eigenvalue weighted by atomic mass is 32.2. The molecule has 1 unspecified atom stereocenters. The largest absolute Gasteiger partial charge is 0.480 e. The average Bonchev–Trinajstić information content (AvgIpc) is 2.91. The van der Waals surface area contributed by atoms with Crippen molar-refractivity contribution in [1.82, 2.24) is 20.0 Å². The van der Waals surface area contributed by atoms with Gasteiger partial charge >= 0.3 is 12.0 Å². The standard InChI is InChI=1S/C28H36N4O5S/c1-22(33)38-19-18-32(13-12-23-8-4-2-5-9-23)28(37)29-25(20-24-10-6-3-7-11-24)27(36)31-16-14-30(15-17-31)21-26(34)35/h2-11,25H,12-21H2,1H3,(H,29,37)(H,34,35). The van der Waals surface area contributed by atoms with Crippen molar-refractivity contribution in [2.24, 2.45) is 0 Å². The van der Waals surface area contributed by atoms with Gasteiger partial charge in [-0.15, -0.1) is 0 Å². The van der Waals surface area contributed by atoms with Gasteiger partial charge in [-0.2, -0.15) is 0 Å². The van der Waals surface area contributed by atoms with Gasteiger partial charge in [-0.1, -0.05) is 72.4 Å². The van der Waals surface area contributed by atoms with Gasteiger partial charge in [0.1, 0.15) is 6.04 Å². The first-order valence-electron chi connectivity index (χ1n) is 12.8. The second-order valence-electron chi connectivity index (χ2n) is 9.25. The molecule has 38 heavy (non-hydrogen) atoms. The number of benzene rings is 2. The maximum absolute atomic E-state index is 13.6. The Hall–Kier alpha value is -3.37. The van der Waals surface area contributed by atoms with Gasteiger partial charge in [0, 0.05) is 58.4 Å². The van der Waals surface area contributed by atoms with Gasteiger partial charge < -0.3 is 20.2 Å². The number of hydrogen-bond donors (Lipinski definition) is 2.